The van der Waals surface area contributed by atoms with Gasteiger partial charge in [-0.05, 0) is 49.4 Å². The highest BCUT2D eigenvalue weighted by Gasteiger charge is 2.34. The fourth-order valence-corrected chi connectivity index (χ4v) is 3.47. The van der Waals surface area contributed by atoms with Crippen LogP contribution in [0.1, 0.15) is 30.9 Å². The average molecular weight is 311 g/mol. The molecule has 0 aromatic heterocycles. The Balaban J connectivity index is 1.59. The van der Waals surface area contributed by atoms with Crippen LogP contribution in [0.2, 0.25) is 0 Å². The van der Waals surface area contributed by atoms with E-state index in [1.165, 1.54) is 5.56 Å². The van der Waals surface area contributed by atoms with Gasteiger partial charge in [0.15, 0.2) is 0 Å². The van der Waals surface area contributed by atoms with Gasteiger partial charge in [-0.1, -0.05) is 42.5 Å². The maximum atomic E-state index is 10.9. The van der Waals surface area contributed by atoms with E-state index in [1.54, 1.807) is 12.1 Å². The van der Waals surface area contributed by atoms with E-state index in [-0.39, 0.29) is 0 Å². The summed E-state index contributed by atoms with van der Waals surface area (Å²) < 4.78 is 0. The molecule has 3 heteroatoms. The molecule has 2 aromatic carbocycles. The second-order valence-corrected chi connectivity index (χ2v) is 6.65. The van der Waals surface area contributed by atoms with Crippen molar-refractivity contribution in [2.24, 2.45) is 0 Å². The molecular weight excluding hydrogens is 286 g/mol. The zero-order valence-electron chi connectivity index (χ0n) is 13.7. The molecule has 3 nitrogen and oxygen atoms in total. The van der Waals surface area contributed by atoms with Gasteiger partial charge in [-0.25, -0.2) is 0 Å². The summed E-state index contributed by atoms with van der Waals surface area (Å²) in [5, 5.41) is 20.3. The van der Waals surface area contributed by atoms with Crippen LogP contribution in [0.15, 0.2) is 54.6 Å². The number of piperidine rings is 1. The first-order chi connectivity index (χ1) is 11.1. The Morgan fingerprint density at radius 3 is 2.22 bits per heavy atom. The van der Waals surface area contributed by atoms with Crippen molar-refractivity contribution in [1.29, 1.82) is 0 Å². The van der Waals surface area contributed by atoms with E-state index in [2.05, 4.69) is 11.8 Å². The molecule has 2 aromatic rings. The summed E-state index contributed by atoms with van der Waals surface area (Å²) in [6.07, 6.45) is 2.51. The summed E-state index contributed by atoms with van der Waals surface area (Å²) in [6, 6.07) is 17.9. The summed E-state index contributed by atoms with van der Waals surface area (Å²) in [6.45, 7) is 4.05. The molecule has 1 fully saturated rings. The van der Waals surface area contributed by atoms with Crippen LogP contribution in [0.5, 0.6) is 5.75 Å². The third kappa shape index (κ3) is 3.74. The molecule has 1 atom stereocenters. The van der Waals surface area contributed by atoms with Crippen LogP contribution in [-0.4, -0.2) is 34.2 Å². The minimum Gasteiger partial charge on any atom is -0.508 e. The zero-order valence-corrected chi connectivity index (χ0v) is 13.7. The van der Waals surface area contributed by atoms with E-state index in [9.17, 15) is 10.2 Å². The highest BCUT2D eigenvalue weighted by Crippen LogP contribution is 2.33. The first-order valence-corrected chi connectivity index (χ1v) is 8.37. The Morgan fingerprint density at radius 1 is 1.00 bits per heavy atom. The van der Waals surface area contributed by atoms with Crippen LogP contribution >= 0.6 is 0 Å². The highest BCUT2D eigenvalue weighted by atomic mass is 16.3. The van der Waals surface area contributed by atoms with Crippen molar-refractivity contribution in [3.63, 3.8) is 0 Å². The Kier molecular flexibility index (Phi) is 4.69. The van der Waals surface area contributed by atoms with Gasteiger partial charge in [-0.3, -0.25) is 0 Å². The predicted octanol–water partition coefficient (Wildman–Crippen LogP) is 3.31. The van der Waals surface area contributed by atoms with Gasteiger partial charge in [0.2, 0.25) is 0 Å². The molecule has 0 spiro atoms. The van der Waals surface area contributed by atoms with Crippen LogP contribution in [0.3, 0.4) is 0 Å². The Hall–Kier alpha value is -1.84. The van der Waals surface area contributed by atoms with Crippen molar-refractivity contribution in [2.45, 2.75) is 37.8 Å². The van der Waals surface area contributed by atoms with E-state index in [0.717, 1.165) is 37.9 Å². The van der Waals surface area contributed by atoms with Crippen molar-refractivity contribution < 1.29 is 10.2 Å². The lowest BCUT2D eigenvalue weighted by Gasteiger charge is -2.41. The molecule has 1 saturated heterocycles. The molecule has 1 heterocycles. The summed E-state index contributed by atoms with van der Waals surface area (Å²) in [7, 11) is 0. The molecule has 0 amide bonds. The summed E-state index contributed by atoms with van der Waals surface area (Å²) in [5.74, 6) is 0.312. The van der Waals surface area contributed by atoms with Crippen LogP contribution in [0.4, 0.5) is 0 Å². The molecule has 0 unspecified atom stereocenters. The van der Waals surface area contributed by atoms with Gasteiger partial charge >= 0.3 is 0 Å². The molecule has 3 rings (SSSR count). The molecule has 0 saturated carbocycles. The van der Waals surface area contributed by atoms with E-state index >= 15 is 0 Å². The van der Waals surface area contributed by atoms with Crippen molar-refractivity contribution in [3.8, 4) is 5.75 Å². The number of rotatable bonds is 4. The van der Waals surface area contributed by atoms with Crippen molar-refractivity contribution in [3.05, 3.63) is 65.7 Å². The lowest BCUT2D eigenvalue weighted by molar-refractivity contribution is -0.0339. The number of aliphatic hydroxyl groups is 1. The number of hydrogen-bond donors (Lipinski definition) is 2. The molecule has 0 aliphatic carbocycles. The van der Waals surface area contributed by atoms with E-state index < -0.39 is 5.60 Å². The lowest BCUT2D eigenvalue weighted by atomic mass is 9.84. The topological polar surface area (TPSA) is 43.7 Å². The first kappa shape index (κ1) is 16.0. The number of phenols is 1. The minimum absolute atomic E-state index is 0.312. The smallest absolute Gasteiger partial charge is 0.115 e. The van der Waals surface area contributed by atoms with Crippen LogP contribution in [0.25, 0.3) is 0 Å². The van der Waals surface area contributed by atoms with E-state index in [0.29, 0.717) is 11.8 Å². The number of phenolic OH excluding ortho intramolecular Hbond substituents is 1. The average Bonchev–Trinajstić information content (AvgIpc) is 2.58. The second kappa shape index (κ2) is 6.73. The molecule has 0 radical (unpaired) electrons. The third-order valence-electron chi connectivity index (χ3n) is 5.03. The maximum absolute atomic E-state index is 10.9. The second-order valence-electron chi connectivity index (χ2n) is 6.65. The van der Waals surface area contributed by atoms with Gasteiger partial charge in [-0.2, -0.15) is 0 Å². The van der Waals surface area contributed by atoms with Crippen LogP contribution < -0.4 is 0 Å². The number of nitrogens with zero attached hydrogens (tertiary/aromatic N) is 1. The molecule has 1 aliphatic rings. The number of aromatic hydroxyl groups is 1. The normalized spacial score (nSPS) is 19.4. The van der Waals surface area contributed by atoms with Crippen molar-refractivity contribution in [1.82, 2.24) is 4.90 Å². The number of hydrogen-bond acceptors (Lipinski definition) is 3. The van der Waals surface area contributed by atoms with Crippen LogP contribution in [-0.2, 0) is 12.0 Å². The zero-order chi connectivity index (χ0) is 16.3. The van der Waals surface area contributed by atoms with Gasteiger partial charge in [-0.15, -0.1) is 0 Å². The molecular formula is C20H25NO2. The van der Waals surface area contributed by atoms with Gasteiger partial charge < -0.3 is 15.1 Å². The Morgan fingerprint density at radius 2 is 1.61 bits per heavy atom. The minimum atomic E-state index is -0.685. The van der Waals surface area contributed by atoms with Crippen LogP contribution in [0, 0.1) is 0 Å². The standard InChI is InChI=1S/C20H25NO2/c1-16(15-17-7-9-19(22)10-8-17)21-13-11-20(23,12-14-21)18-5-3-2-4-6-18/h2-10,16,22-23H,11-15H2,1H3/t16-/m1/s1. The fourth-order valence-electron chi connectivity index (χ4n) is 3.47. The Bertz CT molecular complexity index is 616. The van der Waals surface area contributed by atoms with Crippen molar-refractivity contribution >= 4 is 0 Å². The molecule has 1 aliphatic heterocycles. The number of benzene rings is 2. The van der Waals surface area contributed by atoms with Crippen molar-refractivity contribution in [2.75, 3.05) is 13.1 Å². The third-order valence-corrected chi connectivity index (χ3v) is 5.03. The largest absolute Gasteiger partial charge is 0.508 e. The Labute approximate surface area is 138 Å². The molecule has 23 heavy (non-hydrogen) atoms. The first-order valence-electron chi connectivity index (χ1n) is 8.37. The molecule has 0 bridgehead atoms. The lowest BCUT2D eigenvalue weighted by Crippen LogP contribution is -2.46. The maximum Gasteiger partial charge on any atom is 0.115 e. The van der Waals surface area contributed by atoms with Gasteiger partial charge in [0.25, 0.3) is 0 Å². The fraction of sp³-hybridized carbons (Fsp3) is 0.400. The SMILES string of the molecule is C[C@H](Cc1ccc(O)cc1)N1CCC(O)(c2ccccc2)CC1. The highest BCUT2D eigenvalue weighted by molar-refractivity contribution is 5.26. The van der Waals surface area contributed by atoms with Gasteiger partial charge in [0.1, 0.15) is 5.75 Å². The quantitative estimate of drug-likeness (QED) is 0.910. The van der Waals surface area contributed by atoms with E-state index in [4.69, 9.17) is 0 Å². The number of likely N-dealkylation sites (tertiary alicyclic amines) is 1. The van der Waals surface area contributed by atoms with Gasteiger partial charge in [0, 0.05) is 19.1 Å². The molecule has 2 N–H and O–H groups in total. The summed E-state index contributed by atoms with van der Waals surface area (Å²) in [5.41, 5.74) is 1.58. The summed E-state index contributed by atoms with van der Waals surface area (Å²) in [4.78, 5) is 2.45. The van der Waals surface area contributed by atoms with Gasteiger partial charge in [0.05, 0.1) is 5.60 Å². The molecule has 122 valence electrons. The summed E-state index contributed by atoms with van der Waals surface area (Å²) >= 11 is 0. The van der Waals surface area contributed by atoms with E-state index in [1.807, 2.05) is 42.5 Å². The monoisotopic (exact) mass is 311 g/mol. The predicted molar refractivity (Wildman–Crippen MR) is 92.4 cm³/mol.